The van der Waals surface area contributed by atoms with Crippen LogP contribution in [0.4, 0.5) is 15.5 Å². The number of hydrogen-bond acceptors (Lipinski definition) is 9. The van der Waals surface area contributed by atoms with Gasteiger partial charge in [0.2, 0.25) is 0 Å². The van der Waals surface area contributed by atoms with Gasteiger partial charge in [0.25, 0.3) is 0 Å². The first kappa shape index (κ1) is 25.0. The minimum atomic E-state index is -0.593. The zero-order chi connectivity index (χ0) is 26.8. The lowest BCUT2D eigenvalue weighted by Gasteiger charge is -2.21. The Hall–Kier alpha value is -4.70. The van der Waals surface area contributed by atoms with Crippen molar-refractivity contribution < 1.29 is 13.4 Å². The van der Waals surface area contributed by atoms with Gasteiger partial charge in [0.15, 0.2) is 0 Å². The van der Waals surface area contributed by atoms with Crippen molar-refractivity contribution in [3.63, 3.8) is 0 Å². The number of fused-ring (bicyclic) bond motifs is 1. The molecule has 0 saturated heterocycles. The van der Waals surface area contributed by atoms with Gasteiger partial charge < -0.3 is 20.6 Å². The summed E-state index contributed by atoms with van der Waals surface area (Å²) in [6.07, 6.45) is 1.25. The number of phenolic OH excluding ortho intramolecular Hbond substituents is 1. The number of nitrogens with two attached hydrogens (primary N) is 1. The number of rotatable bonds is 7. The second kappa shape index (κ2) is 10.3. The maximum absolute atomic E-state index is 13.2. The Bertz CT molecular complexity index is 1730. The molecule has 5 N–H and O–H groups in total. The van der Waals surface area contributed by atoms with Crippen LogP contribution < -0.4 is 16.7 Å². The van der Waals surface area contributed by atoms with Gasteiger partial charge >= 0.3 is 5.63 Å². The zero-order valence-electron chi connectivity index (χ0n) is 20.1. The number of nitrogens with one attached hydrogen (secondary N) is 2. The molecule has 0 aliphatic carbocycles. The predicted molar refractivity (Wildman–Crippen MR) is 147 cm³/mol. The third kappa shape index (κ3) is 4.69. The van der Waals surface area contributed by atoms with Crippen LogP contribution in [0.5, 0.6) is 5.75 Å². The van der Waals surface area contributed by atoms with Crippen molar-refractivity contribution >= 4 is 40.3 Å². The van der Waals surface area contributed by atoms with Gasteiger partial charge in [-0.15, -0.1) is 0 Å². The van der Waals surface area contributed by atoms with Crippen molar-refractivity contribution in [3.05, 3.63) is 106 Å². The number of nitrogen functional groups attached to an aromatic ring is 1. The second-order valence-electron chi connectivity index (χ2n) is 8.56. The van der Waals surface area contributed by atoms with Gasteiger partial charge in [0, 0.05) is 21.4 Å². The van der Waals surface area contributed by atoms with Crippen molar-refractivity contribution in [2.75, 3.05) is 11.1 Å². The fourth-order valence-electron chi connectivity index (χ4n) is 4.37. The molecule has 0 spiro atoms. The lowest BCUT2D eigenvalue weighted by Crippen LogP contribution is -2.18. The molecule has 5 aromatic rings. The van der Waals surface area contributed by atoms with Crippen molar-refractivity contribution in [2.24, 2.45) is 0 Å². The first-order valence-corrected chi connectivity index (χ1v) is 12.3. The summed E-state index contributed by atoms with van der Waals surface area (Å²) in [4.78, 5) is 21.4. The fourth-order valence-corrected chi connectivity index (χ4v) is 4.70. The second-order valence-corrected chi connectivity index (χ2v) is 9.18. The van der Waals surface area contributed by atoms with Crippen LogP contribution in [0, 0.1) is 5.41 Å². The Morgan fingerprint density at radius 1 is 1.08 bits per heavy atom. The van der Waals surface area contributed by atoms with Crippen molar-refractivity contribution in [1.29, 1.82) is 5.41 Å². The van der Waals surface area contributed by atoms with Gasteiger partial charge in [-0.05, 0) is 36.8 Å². The minimum absolute atomic E-state index is 0.0146. The van der Waals surface area contributed by atoms with Crippen molar-refractivity contribution in [1.82, 2.24) is 9.97 Å². The van der Waals surface area contributed by atoms with Crippen LogP contribution in [0.3, 0.4) is 0 Å². The van der Waals surface area contributed by atoms with E-state index in [0.717, 1.165) is 16.5 Å². The van der Waals surface area contributed by atoms with E-state index >= 15 is 0 Å². The lowest BCUT2D eigenvalue weighted by atomic mass is 9.96. The Morgan fingerprint density at radius 2 is 1.79 bits per heavy atom. The van der Waals surface area contributed by atoms with E-state index in [4.69, 9.17) is 15.6 Å². The molecule has 1 atom stereocenters. The monoisotopic (exact) mass is 527 g/mol. The zero-order valence-corrected chi connectivity index (χ0v) is 20.9. The molecule has 0 aliphatic heterocycles. The van der Waals surface area contributed by atoms with Gasteiger partial charge in [-0.2, -0.15) is 3.89 Å². The Balaban J connectivity index is 1.62. The van der Waals surface area contributed by atoms with Crippen LogP contribution in [0.15, 0.2) is 93.2 Å². The highest BCUT2D eigenvalue weighted by molar-refractivity contribution is 7.94. The number of halogens is 1. The Morgan fingerprint density at radius 3 is 2.53 bits per heavy atom. The molecule has 0 bridgehead atoms. The Labute approximate surface area is 221 Å². The van der Waals surface area contributed by atoms with E-state index in [1.54, 1.807) is 19.1 Å². The molecule has 3 aromatic carbocycles. The fraction of sp³-hybridized carbons (Fsp3) is 0.0714. The summed E-state index contributed by atoms with van der Waals surface area (Å²) in [5.74, 6) is 0.405. The first-order chi connectivity index (χ1) is 18.4. The number of benzene rings is 3. The van der Waals surface area contributed by atoms with Gasteiger partial charge in [0.05, 0.1) is 34.9 Å². The molecule has 0 fully saturated rings. The molecule has 38 heavy (non-hydrogen) atoms. The molecule has 1 unspecified atom stereocenters. The SMILES string of the molecule is CC(Nc1ncnc(N)c1C(=N)c1cc(O)cc(SF)c1)c1oc(=O)c2ccccc2c1-c1ccccc1. The van der Waals surface area contributed by atoms with E-state index < -0.39 is 11.7 Å². The molecule has 2 heterocycles. The molecule has 0 radical (unpaired) electrons. The summed E-state index contributed by atoms with van der Waals surface area (Å²) in [6, 6.07) is 20.2. The van der Waals surface area contributed by atoms with Gasteiger partial charge in [-0.1, -0.05) is 48.5 Å². The molecule has 0 saturated carbocycles. The standard InChI is InChI=1S/C28H22FN5O3S/c1-15(25-22(16-7-3-2-4-8-16)20-9-5-6-10-21(20)28(36)37-25)34-27-23(26(31)32-14-33-27)24(30)17-11-18(35)13-19(12-17)38-29/h2-15,30,35H,1H3,(H3,31,32,33,34). The molecule has 8 nitrogen and oxygen atoms in total. The normalized spacial score (nSPS) is 11.8. The highest BCUT2D eigenvalue weighted by Crippen LogP contribution is 2.36. The van der Waals surface area contributed by atoms with Crippen LogP contribution in [-0.2, 0) is 0 Å². The molecular weight excluding hydrogens is 505 g/mol. The molecule has 2 aromatic heterocycles. The van der Waals surface area contributed by atoms with Crippen LogP contribution in [0.2, 0.25) is 0 Å². The third-order valence-electron chi connectivity index (χ3n) is 6.07. The number of phenols is 1. The number of aromatic hydroxyl groups is 1. The van der Waals surface area contributed by atoms with E-state index in [-0.39, 0.29) is 51.3 Å². The van der Waals surface area contributed by atoms with Gasteiger partial charge in [-0.3, -0.25) is 5.41 Å². The van der Waals surface area contributed by atoms with E-state index in [2.05, 4.69) is 15.3 Å². The van der Waals surface area contributed by atoms with Crippen LogP contribution in [-0.4, -0.2) is 20.8 Å². The van der Waals surface area contributed by atoms with Gasteiger partial charge in [0.1, 0.15) is 29.5 Å². The van der Waals surface area contributed by atoms with E-state index in [0.29, 0.717) is 11.1 Å². The highest BCUT2D eigenvalue weighted by atomic mass is 32.2. The summed E-state index contributed by atoms with van der Waals surface area (Å²) in [7, 11) is 0. The average molecular weight is 528 g/mol. The van der Waals surface area contributed by atoms with Crippen molar-refractivity contribution in [2.45, 2.75) is 17.9 Å². The van der Waals surface area contributed by atoms with Gasteiger partial charge in [-0.25, -0.2) is 14.8 Å². The molecule has 0 aliphatic rings. The number of nitrogens with zero attached hydrogens (tertiary/aromatic N) is 2. The van der Waals surface area contributed by atoms with Crippen LogP contribution in [0.1, 0.15) is 29.9 Å². The number of anilines is 2. The molecule has 0 amide bonds. The molecule has 10 heteroatoms. The maximum Gasteiger partial charge on any atom is 0.343 e. The number of aromatic nitrogens is 2. The average Bonchev–Trinajstić information content (AvgIpc) is 2.93. The Kier molecular flexibility index (Phi) is 6.80. The molecule has 190 valence electrons. The quantitative estimate of drug-likeness (QED) is 0.186. The van der Waals surface area contributed by atoms with E-state index in [1.807, 2.05) is 42.5 Å². The predicted octanol–water partition coefficient (Wildman–Crippen LogP) is 6.10. The molecule has 5 rings (SSSR count). The summed E-state index contributed by atoms with van der Waals surface area (Å²) >= 11 is -0.0490. The maximum atomic E-state index is 13.2. The van der Waals surface area contributed by atoms with Crippen LogP contribution >= 0.6 is 12.1 Å². The van der Waals surface area contributed by atoms with Crippen LogP contribution in [0.25, 0.3) is 21.9 Å². The lowest BCUT2D eigenvalue weighted by molar-refractivity contribution is 0.452. The highest BCUT2D eigenvalue weighted by Gasteiger charge is 2.24. The smallest absolute Gasteiger partial charge is 0.343 e. The summed E-state index contributed by atoms with van der Waals surface area (Å²) in [5.41, 5.74) is 7.55. The summed E-state index contributed by atoms with van der Waals surface area (Å²) in [5, 5.41) is 23.2. The minimum Gasteiger partial charge on any atom is -0.508 e. The van der Waals surface area contributed by atoms with E-state index in [9.17, 15) is 13.8 Å². The topological polar surface area (TPSA) is 138 Å². The summed E-state index contributed by atoms with van der Waals surface area (Å²) < 4.78 is 19.1. The summed E-state index contributed by atoms with van der Waals surface area (Å²) in [6.45, 7) is 1.80. The molecular formula is C28H22FN5O3S. The largest absolute Gasteiger partial charge is 0.508 e. The van der Waals surface area contributed by atoms with Crippen molar-refractivity contribution in [3.8, 4) is 16.9 Å². The van der Waals surface area contributed by atoms with E-state index in [1.165, 1.54) is 24.5 Å². The number of hydrogen-bond donors (Lipinski definition) is 4. The third-order valence-corrected chi connectivity index (χ3v) is 6.48. The first-order valence-electron chi connectivity index (χ1n) is 11.6.